The van der Waals surface area contributed by atoms with Crippen molar-refractivity contribution in [2.75, 3.05) is 0 Å². The van der Waals surface area contributed by atoms with Crippen molar-refractivity contribution in [2.24, 2.45) is 5.73 Å². The van der Waals surface area contributed by atoms with Gasteiger partial charge in [0.15, 0.2) is 11.1 Å². The molecule has 0 aliphatic carbocycles. The van der Waals surface area contributed by atoms with E-state index in [1.54, 1.807) is 0 Å². The number of hydrogen-bond acceptors (Lipinski definition) is 4. The van der Waals surface area contributed by atoms with Gasteiger partial charge in [-0.05, 0) is 4.92 Å². The predicted octanol–water partition coefficient (Wildman–Crippen LogP) is 0.679. The third-order valence-corrected chi connectivity index (χ3v) is 1.75. The second kappa shape index (κ2) is 4.13. The summed E-state index contributed by atoms with van der Waals surface area (Å²) in [6.07, 6.45) is -2.97. The van der Waals surface area contributed by atoms with E-state index in [1.807, 2.05) is 4.98 Å². The number of aromatic amines is 1. The van der Waals surface area contributed by atoms with Crippen LogP contribution in [-0.4, -0.2) is 9.91 Å². The van der Waals surface area contributed by atoms with Gasteiger partial charge in [0.1, 0.15) is 5.56 Å². The zero-order chi connectivity index (χ0) is 11.6. The van der Waals surface area contributed by atoms with E-state index in [4.69, 9.17) is 5.73 Å². The molecular weight excluding hydrogens is 212 g/mol. The first-order chi connectivity index (χ1) is 6.97. The Labute approximate surface area is 81.9 Å². The van der Waals surface area contributed by atoms with Crippen molar-refractivity contribution in [3.8, 4) is 0 Å². The highest BCUT2D eigenvalue weighted by atomic mass is 19.3. The smallest absolute Gasteiger partial charge is 0.329 e. The summed E-state index contributed by atoms with van der Waals surface area (Å²) >= 11 is 0. The lowest BCUT2D eigenvalue weighted by Crippen LogP contribution is -2.18. The molecule has 1 aromatic heterocycles. The SMILES string of the molecule is NCc1c([N+](=O)[O-])[nH]c(C(F)F)cc1=O. The number of hydrogen-bond donors (Lipinski definition) is 2. The van der Waals surface area contributed by atoms with Gasteiger partial charge >= 0.3 is 5.82 Å². The summed E-state index contributed by atoms with van der Waals surface area (Å²) < 4.78 is 24.4. The fourth-order valence-corrected chi connectivity index (χ4v) is 1.06. The molecule has 8 heteroatoms. The van der Waals surface area contributed by atoms with Gasteiger partial charge < -0.3 is 15.8 Å². The van der Waals surface area contributed by atoms with Crippen LogP contribution < -0.4 is 11.2 Å². The second-order valence-electron chi connectivity index (χ2n) is 2.68. The van der Waals surface area contributed by atoms with Gasteiger partial charge in [0, 0.05) is 12.6 Å². The van der Waals surface area contributed by atoms with Crippen molar-refractivity contribution in [3.63, 3.8) is 0 Å². The molecule has 0 aromatic carbocycles. The number of halogens is 2. The number of nitrogens with two attached hydrogens (primary N) is 1. The lowest BCUT2D eigenvalue weighted by atomic mass is 10.2. The highest BCUT2D eigenvalue weighted by molar-refractivity contribution is 5.34. The molecular formula is C7H7F2N3O3. The Hall–Kier alpha value is -1.83. The summed E-state index contributed by atoms with van der Waals surface area (Å²) in [5.41, 5.74) is 3.14. The van der Waals surface area contributed by atoms with Crippen LogP contribution in [0.25, 0.3) is 0 Å². The quantitative estimate of drug-likeness (QED) is 0.576. The highest BCUT2D eigenvalue weighted by Crippen LogP contribution is 2.19. The Kier molecular flexibility index (Phi) is 3.10. The zero-order valence-corrected chi connectivity index (χ0v) is 7.37. The molecule has 0 saturated heterocycles. The van der Waals surface area contributed by atoms with Gasteiger partial charge in [-0.3, -0.25) is 4.79 Å². The van der Waals surface area contributed by atoms with Crippen molar-refractivity contribution in [2.45, 2.75) is 13.0 Å². The monoisotopic (exact) mass is 219 g/mol. The predicted molar refractivity (Wildman–Crippen MR) is 46.6 cm³/mol. The van der Waals surface area contributed by atoms with E-state index in [2.05, 4.69) is 0 Å². The van der Waals surface area contributed by atoms with Gasteiger partial charge in [-0.25, -0.2) is 13.8 Å². The summed E-state index contributed by atoms with van der Waals surface area (Å²) in [7, 11) is 0. The summed E-state index contributed by atoms with van der Waals surface area (Å²) in [6.45, 7) is -0.380. The Morgan fingerprint density at radius 2 is 2.20 bits per heavy atom. The second-order valence-corrected chi connectivity index (χ2v) is 2.68. The minimum Gasteiger partial charge on any atom is -0.358 e. The highest BCUT2D eigenvalue weighted by Gasteiger charge is 2.21. The third-order valence-electron chi connectivity index (χ3n) is 1.75. The molecule has 0 fully saturated rings. The summed E-state index contributed by atoms with van der Waals surface area (Å²) in [5, 5.41) is 10.4. The van der Waals surface area contributed by atoms with Crippen LogP contribution in [0.3, 0.4) is 0 Å². The summed E-state index contributed by atoms with van der Waals surface area (Å²) in [6, 6.07) is 0.611. The Morgan fingerprint density at radius 3 is 2.60 bits per heavy atom. The average Bonchev–Trinajstić information content (AvgIpc) is 2.16. The lowest BCUT2D eigenvalue weighted by Gasteiger charge is -2.02. The van der Waals surface area contributed by atoms with Crippen LogP contribution in [-0.2, 0) is 6.54 Å². The van der Waals surface area contributed by atoms with Gasteiger partial charge in [-0.2, -0.15) is 0 Å². The molecule has 0 radical (unpaired) electrons. The van der Waals surface area contributed by atoms with E-state index >= 15 is 0 Å². The fourth-order valence-electron chi connectivity index (χ4n) is 1.06. The third kappa shape index (κ3) is 2.15. The molecule has 3 N–H and O–H groups in total. The number of pyridine rings is 1. The molecule has 1 rings (SSSR count). The van der Waals surface area contributed by atoms with Crippen molar-refractivity contribution in [1.82, 2.24) is 4.98 Å². The van der Waals surface area contributed by atoms with Crippen LogP contribution in [0.5, 0.6) is 0 Å². The van der Waals surface area contributed by atoms with E-state index in [0.717, 1.165) is 0 Å². The van der Waals surface area contributed by atoms with E-state index in [1.165, 1.54) is 0 Å². The molecule has 6 nitrogen and oxygen atoms in total. The molecule has 82 valence electrons. The largest absolute Gasteiger partial charge is 0.358 e. The lowest BCUT2D eigenvalue weighted by molar-refractivity contribution is -0.390. The topological polar surface area (TPSA) is 102 Å². The Bertz CT molecular complexity index is 444. The van der Waals surface area contributed by atoms with Gasteiger partial charge in [0.05, 0.1) is 0 Å². The van der Waals surface area contributed by atoms with Gasteiger partial charge in [-0.15, -0.1) is 0 Å². The Balaban J connectivity index is 3.46. The van der Waals surface area contributed by atoms with Crippen molar-refractivity contribution < 1.29 is 13.7 Å². The number of nitro groups is 1. The van der Waals surface area contributed by atoms with E-state index in [0.29, 0.717) is 6.07 Å². The molecule has 0 atom stereocenters. The molecule has 0 unspecified atom stereocenters. The first kappa shape index (κ1) is 11.2. The minimum absolute atomic E-state index is 0.315. The van der Waals surface area contributed by atoms with Crippen LogP contribution >= 0.6 is 0 Å². The molecule has 1 heterocycles. The van der Waals surface area contributed by atoms with Crippen molar-refractivity contribution in [3.05, 3.63) is 37.7 Å². The molecule has 0 aliphatic rings. The van der Waals surface area contributed by atoms with E-state index in [9.17, 15) is 23.7 Å². The van der Waals surface area contributed by atoms with Crippen molar-refractivity contribution >= 4 is 5.82 Å². The van der Waals surface area contributed by atoms with Crippen LogP contribution in [0.4, 0.5) is 14.6 Å². The van der Waals surface area contributed by atoms with Crippen LogP contribution in [0.15, 0.2) is 10.9 Å². The maximum atomic E-state index is 12.2. The van der Waals surface area contributed by atoms with Crippen LogP contribution in [0.2, 0.25) is 0 Å². The van der Waals surface area contributed by atoms with Gasteiger partial charge in [-0.1, -0.05) is 0 Å². The first-order valence-electron chi connectivity index (χ1n) is 3.86. The standard InChI is InChI=1S/C7H7F2N3O3/c8-6(9)4-1-5(13)3(2-10)7(11-4)12(14)15/h1,6H,2,10H2,(H,11,13). The molecule has 0 saturated carbocycles. The van der Waals surface area contributed by atoms with Gasteiger partial charge in [0.2, 0.25) is 0 Å². The zero-order valence-electron chi connectivity index (χ0n) is 7.37. The number of alkyl halides is 2. The number of aromatic nitrogens is 1. The van der Waals surface area contributed by atoms with E-state index < -0.39 is 28.3 Å². The summed E-state index contributed by atoms with van der Waals surface area (Å²) in [5.74, 6) is -0.778. The number of nitrogens with one attached hydrogen (secondary N) is 1. The molecule has 15 heavy (non-hydrogen) atoms. The molecule has 0 spiro atoms. The summed E-state index contributed by atoms with van der Waals surface area (Å²) in [4.78, 5) is 22.5. The minimum atomic E-state index is -2.97. The van der Waals surface area contributed by atoms with Crippen LogP contribution in [0.1, 0.15) is 17.7 Å². The number of rotatable bonds is 3. The van der Waals surface area contributed by atoms with Gasteiger partial charge in [0.25, 0.3) is 6.43 Å². The number of nitrogens with zero attached hydrogens (tertiary/aromatic N) is 1. The van der Waals surface area contributed by atoms with Crippen molar-refractivity contribution in [1.29, 1.82) is 0 Å². The molecule has 1 aromatic rings. The average molecular weight is 219 g/mol. The fraction of sp³-hybridized carbons (Fsp3) is 0.286. The maximum absolute atomic E-state index is 12.2. The first-order valence-corrected chi connectivity index (χ1v) is 3.86. The Morgan fingerprint density at radius 1 is 1.60 bits per heavy atom. The maximum Gasteiger partial charge on any atom is 0.329 e. The molecule has 0 bridgehead atoms. The number of H-pyrrole nitrogens is 1. The van der Waals surface area contributed by atoms with E-state index in [-0.39, 0.29) is 12.1 Å². The van der Waals surface area contributed by atoms with Crippen LogP contribution in [0, 0.1) is 10.1 Å². The normalized spacial score (nSPS) is 10.7. The molecule has 0 aliphatic heterocycles. The molecule has 0 amide bonds.